The van der Waals surface area contributed by atoms with Gasteiger partial charge in [0.1, 0.15) is 23.7 Å². The van der Waals surface area contributed by atoms with E-state index < -0.39 is 11.7 Å². The standard InChI is InChI=1S/C39H44FN5O4.ClH/c40-31-25-35(37(46)43-33-18-16-32(41)17-19-33)38(42-26-31)49-36-30(13-7-15-34(36)29-11-5-2-6-12-29)14-8-20-44-21-23-45(24-22-44)39(47)48-27-28-9-3-1-4-10-28;/h1-7,9-13,15,25-26,32-33H,8,14,16-24,27,41H2,(H,43,46);1H. The van der Waals surface area contributed by atoms with Crippen molar-refractivity contribution >= 4 is 24.4 Å². The van der Waals surface area contributed by atoms with Crippen molar-refractivity contribution in [3.8, 4) is 22.8 Å². The normalized spacial score (nSPS) is 17.8. The third kappa shape index (κ3) is 9.80. The number of amides is 2. The van der Waals surface area contributed by atoms with E-state index in [-0.39, 0.29) is 48.6 Å². The summed E-state index contributed by atoms with van der Waals surface area (Å²) in [5.41, 5.74) is 9.86. The van der Waals surface area contributed by atoms with Crippen molar-refractivity contribution in [3.63, 3.8) is 0 Å². The van der Waals surface area contributed by atoms with E-state index in [4.69, 9.17) is 15.2 Å². The first-order chi connectivity index (χ1) is 23.9. The predicted octanol–water partition coefficient (Wildman–Crippen LogP) is 6.99. The number of para-hydroxylation sites is 1. The highest BCUT2D eigenvalue weighted by atomic mass is 35.5. The van der Waals surface area contributed by atoms with Crippen molar-refractivity contribution in [2.75, 3.05) is 32.7 Å². The molecular formula is C39H45ClFN5O4. The van der Waals surface area contributed by atoms with Crippen molar-refractivity contribution in [3.05, 3.63) is 114 Å². The number of nitrogens with one attached hydrogen (secondary N) is 1. The van der Waals surface area contributed by atoms with Crippen LogP contribution in [0.2, 0.25) is 0 Å². The molecule has 1 saturated carbocycles. The average molecular weight is 702 g/mol. The second kappa shape index (κ2) is 17.9. The Labute approximate surface area is 299 Å². The summed E-state index contributed by atoms with van der Waals surface area (Å²) < 4.78 is 26.5. The maximum absolute atomic E-state index is 14.5. The quantitative estimate of drug-likeness (QED) is 0.174. The van der Waals surface area contributed by atoms with Crippen LogP contribution in [0, 0.1) is 5.82 Å². The molecule has 50 heavy (non-hydrogen) atoms. The first kappa shape index (κ1) is 36.8. The third-order valence-corrected chi connectivity index (χ3v) is 9.31. The summed E-state index contributed by atoms with van der Waals surface area (Å²) in [6, 6.07) is 26.9. The second-order valence-electron chi connectivity index (χ2n) is 12.8. The molecule has 2 fully saturated rings. The Morgan fingerprint density at radius 1 is 0.900 bits per heavy atom. The zero-order valence-corrected chi connectivity index (χ0v) is 29.0. The van der Waals surface area contributed by atoms with Crippen LogP contribution in [0.5, 0.6) is 11.6 Å². The number of hydrogen-bond acceptors (Lipinski definition) is 7. The maximum Gasteiger partial charge on any atom is 0.410 e. The number of benzene rings is 3. The molecule has 0 atom stereocenters. The summed E-state index contributed by atoms with van der Waals surface area (Å²) in [4.78, 5) is 34.4. The molecule has 0 spiro atoms. The SMILES string of the molecule is Cl.NC1CCC(NC(=O)c2cc(F)cnc2Oc2c(CCCN3CCN(C(=O)OCc4ccccc4)CC3)cccc2-c2ccccc2)CC1. The van der Waals surface area contributed by atoms with Gasteiger partial charge in [-0.1, -0.05) is 78.9 Å². The van der Waals surface area contributed by atoms with Gasteiger partial charge in [-0.2, -0.15) is 0 Å². The Hall–Kier alpha value is -4.51. The summed E-state index contributed by atoms with van der Waals surface area (Å²) in [6.07, 6.45) is 5.57. The number of ether oxygens (including phenoxy) is 2. The van der Waals surface area contributed by atoms with E-state index in [9.17, 15) is 14.0 Å². The number of carbonyl (C=O) groups excluding carboxylic acids is 2. The largest absolute Gasteiger partial charge is 0.445 e. The molecule has 9 nitrogen and oxygen atoms in total. The predicted molar refractivity (Wildman–Crippen MR) is 194 cm³/mol. The maximum atomic E-state index is 14.5. The monoisotopic (exact) mass is 701 g/mol. The van der Waals surface area contributed by atoms with Gasteiger partial charge in [0, 0.05) is 43.8 Å². The van der Waals surface area contributed by atoms with Gasteiger partial charge in [-0.15, -0.1) is 12.4 Å². The molecule has 3 aromatic carbocycles. The first-order valence-corrected chi connectivity index (χ1v) is 17.2. The van der Waals surface area contributed by atoms with Crippen molar-refractivity contribution in [1.82, 2.24) is 20.1 Å². The van der Waals surface area contributed by atoms with Crippen LogP contribution in [0.4, 0.5) is 9.18 Å². The number of rotatable bonds is 11. The number of pyridine rings is 1. The summed E-state index contributed by atoms with van der Waals surface area (Å²) in [5.74, 6) is -0.364. The fourth-order valence-electron chi connectivity index (χ4n) is 6.50. The van der Waals surface area contributed by atoms with Crippen molar-refractivity contribution in [2.45, 2.75) is 57.2 Å². The summed E-state index contributed by atoms with van der Waals surface area (Å²) in [7, 11) is 0. The van der Waals surface area contributed by atoms with E-state index in [1.807, 2.05) is 78.9 Å². The van der Waals surface area contributed by atoms with Gasteiger partial charge in [0.25, 0.3) is 5.91 Å². The topological polar surface area (TPSA) is 110 Å². The molecule has 6 rings (SSSR count). The number of aryl methyl sites for hydroxylation is 1. The fourth-order valence-corrected chi connectivity index (χ4v) is 6.50. The minimum atomic E-state index is -0.607. The molecule has 11 heteroatoms. The Kier molecular flexibility index (Phi) is 13.2. The smallest absolute Gasteiger partial charge is 0.410 e. The van der Waals surface area contributed by atoms with Gasteiger partial charge < -0.3 is 25.4 Å². The minimum Gasteiger partial charge on any atom is -0.445 e. The Morgan fingerprint density at radius 2 is 1.60 bits per heavy atom. The number of nitrogens with zero attached hydrogens (tertiary/aromatic N) is 3. The van der Waals surface area contributed by atoms with Crippen LogP contribution in [0.1, 0.15) is 53.6 Å². The highest BCUT2D eigenvalue weighted by Gasteiger charge is 2.25. The van der Waals surface area contributed by atoms with Crippen molar-refractivity contribution in [1.29, 1.82) is 0 Å². The van der Waals surface area contributed by atoms with Crippen LogP contribution < -0.4 is 15.8 Å². The number of piperazine rings is 1. The van der Waals surface area contributed by atoms with E-state index in [2.05, 4.69) is 15.2 Å². The minimum absolute atomic E-state index is 0. The van der Waals surface area contributed by atoms with E-state index in [0.717, 1.165) is 80.2 Å². The molecule has 0 radical (unpaired) electrons. The Morgan fingerprint density at radius 3 is 2.32 bits per heavy atom. The lowest BCUT2D eigenvalue weighted by molar-refractivity contribution is 0.0714. The molecule has 1 saturated heterocycles. The average Bonchev–Trinajstić information content (AvgIpc) is 3.14. The zero-order chi connectivity index (χ0) is 34.0. The first-order valence-electron chi connectivity index (χ1n) is 17.2. The molecule has 1 aromatic heterocycles. The summed E-state index contributed by atoms with van der Waals surface area (Å²) in [6.45, 7) is 3.86. The number of hydrogen-bond donors (Lipinski definition) is 2. The van der Waals surface area contributed by atoms with Gasteiger partial charge in [0.2, 0.25) is 5.88 Å². The number of aromatic nitrogens is 1. The molecule has 2 amide bonds. The van der Waals surface area contributed by atoms with E-state index in [0.29, 0.717) is 25.3 Å². The van der Waals surface area contributed by atoms with Crippen LogP contribution in [0.15, 0.2) is 91.1 Å². The lowest BCUT2D eigenvalue weighted by Gasteiger charge is -2.34. The fraction of sp³-hybridized carbons (Fsp3) is 0.359. The summed E-state index contributed by atoms with van der Waals surface area (Å²) >= 11 is 0. The van der Waals surface area contributed by atoms with Gasteiger partial charge in [0.05, 0.1) is 6.20 Å². The highest BCUT2D eigenvalue weighted by molar-refractivity contribution is 5.96. The number of halogens is 2. The molecule has 1 aliphatic carbocycles. The van der Waals surface area contributed by atoms with Crippen LogP contribution in [0.3, 0.4) is 0 Å². The van der Waals surface area contributed by atoms with Crippen LogP contribution in [-0.4, -0.2) is 71.6 Å². The van der Waals surface area contributed by atoms with Gasteiger partial charge in [-0.25, -0.2) is 14.2 Å². The molecule has 0 bridgehead atoms. The number of nitrogens with two attached hydrogens (primary N) is 1. The Bertz CT molecular complexity index is 1700. The second-order valence-corrected chi connectivity index (χ2v) is 12.8. The van der Waals surface area contributed by atoms with E-state index in [1.54, 1.807) is 4.90 Å². The Balaban J connectivity index is 0.00000486. The van der Waals surface area contributed by atoms with E-state index in [1.165, 1.54) is 6.07 Å². The van der Waals surface area contributed by atoms with Gasteiger partial charge in [0.15, 0.2) is 0 Å². The van der Waals surface area contributed by atoms with Crippen molar-refractivity contribution < 1.29 is 23.5 Å². The van der Waals surface area contributed by atoms with E-state index >= 15 is 0 Å². The van der Waals surface area contributed by atoms with Crippen molar-refractivity contribution in [2.24, 2.45) is 5.73 Å². The van der Waals surface area contributed by atoms with Crippen LogP contribution in [-0.2, 0) is 17.8 Å². The molecule has 0 unspecified atom stereocenters. The molecule has 2 aliphatic rings. The molecule has 4 aromatic rings. The van der Waals surface area contributed by atoms with Gasteiger partial charge in [-0.05, 0) is 67.8 Å². The van der Waals surface area contributed by atoms with Crippen LogP contribution >= 0.6 is 12.4 Å². The molecular weight excluding hydrogens is 657 g/mol. The zero-order valence-electron chi connectivity index (χ0n) is 28.1. The summed E-state index contributed by atoms with van der Waals surface area (Å²) in [5, 5.41) is 3.05. The molecule has 3 N–H and O–H groups in total. The molecule has 264 valence electrons. The number of carbonyl (C=O) groups is 2. The highest BCUT2D eigenvalue weighted by Crippen LogP contribution is 2.38. The lowest BCUT2D eigenvalue weighted by atomic mass is 9.91. The molecule has 2 heterocycles. The van der Waals surface area contributed by atoms with Gasteiger partial charge in [-0.3, -0.25) is 9.69 Å². The third-order valence-electron chi connectivity index (χ3n) is 9.31. The van der Waals surface area contributed by atoms with Crippen LogP contribution in [0.25, 0.3) is 11.1 Å². The molecule has 1 aliphatic heterocycles. The lowest BCUT2D eigenvalue weighted by Crippen LogP contribution is -2.49. The van der Waals surface area contributed by atoms with Gasteiger partial charge >= 0.3 is 6.09 Å².